The van der Waals surface area contributed by atoms with Crippen LogP contribution in [-0.2, 0) is 11.4 Å². The number of pyridine rings is 1. The number of piperazine rings is 2. The summed E-state index contributed by atoms with van der Waals surface area (Å²) in [6, 6.07) is 22.8. The number of nitrogens with zero attached hydrogens (tertiary/aromatic N) is 6. The van der Waals surface area contributed by atoms with Crippen LogP contribution in [0.2, 0.25) is 0 Å². The molecule has 0 aliphatic carbocycles. The van der Waals surface area contributed by atoms with Crippen LogP contribution in [-0.4, -0.2) is 108 Å². The number of likely N-dealkylation sites (tertiary alicyclic amines) is 1. The second-order valence-electron chi connectivity index (χ2n) is 16.9. The number of benzene rings is 2. The zero-order valence-electron chi connectivity index (χ0n) is 35.8. The predicted molar refractivity (Wildman–Crippen MR) is 236 cm³/mol. The molecule has 4 aliphatic heterocycles. The van der Waals surface area contributed by atoms with E-state index in [9.17, 15) is 4.79 Å². The molecule has 0 spiro atoms. The van der Waals surface area contributed by atoms with Crippen LogP contribution in [0.1, 0.15) is 63.3 Å². The molecular weight excluding hydrogens is 773 g/mol. The van der Waals surface area contributed by atoms with Gasteiger partial charge in [0.1, 0.15) is 37.2 Å². The minimum atomic E-state index is 0.309. The van der Waals surface area contributed by atoms with Crippen LogP contribution in [0.25, 0.3) is 5.70 Å². The number of nitrogens with two attached hydrogens (primary N) is 1. The van der Waals surface area contributed by atoms with Crippen molar-refractivity contribution >= 4 is 23.5 Å². The Labute approximate surface area is 358 Å². The Morgan fingerprint density at radius 3 is 2.46 bits per heavy atom. The molecule has 324 valence electrons. The number of aromatic nitrogens is 2. The molecule has 1 amide bonds. The lowest BCUT2D eigenvalue weighted by Gasteiger charge is -2.44. The highest BCUT2D eigenvalue weighted by atomic mass is 16.5. The molecule has 0 saturated carbocycles. The number of para-hydroxylation sites is 1. The largest absolute Gasteiger partial charge is 0.488 e. The van der Waals surface area contributed by atoms with Crippen LogP contribution in [0, 0.1) is 5.92 Å². The first kappa shape index (κ1) is 41.8. The van der Waals surface area contributed by atoms with E-state index in [4.69, 9.17) is 24.5 Å². The summed E-state index contributed by atoms with van der Waals surface area (Å²) in [4.78, 5) is 25.3. The van der Waals surface area contributed by atoms with Gasteiger partial charge in [0, 0.05) is 105 Å². The Kier molecular flexibility index (Phi) is 13.2. The zero-order valence-corrected chi connectivity index (χ0v) is 35.8. The van der Waals surface area contributed by atoms with E-state index in [0.717, 1.165) is 104 Å². The first-order valence-corrected chi connectivity index (χ1v) is 21.6. The lowest BCUT2D eigenvalue weighted by Crippen LogP contribution is -2.54. The predicted octanol–water partition coefficient (Wildman–Crippen LogP) is 5.37. The molecule has 3 saturated heterocycles. The summed E-state index contributed by atoms with van der Waals surface area (Å²) in [6.07, 6.45) is 6.87. The zero-order chi connectivity index (χ0) is 42.3. The number of allylic oxidation sites excluding steroid dienone is 1. The topological polar surface area (TPSA) is 159 Å². The van der Waals surface area contributed by atoms with Gasteiger partial charge in [0.15, 0.2) is 0 Å². The van der Waals surface area contributed by atoms with Gasteiger partial charge in [0.2, 0.25) is 12.3 Å². The second-order valence-corrected chi connectivity index (χ2v) is 16.9. The molecule has 15 heteroatoms. The Morgan fingerprint density at radius 2 is 1.69 bits per heavy atom. The van der Waals surface area contributed by atoms with E-state index in [1.54, 1.807) is 0 Å². The highest BCUT2D eigenvalue weighted by Gasteiger charge is 2.41. The van der Waals surface area contributed by atoms with E-state index in [0.29, 0.717) is 73.8 Å². The molecule has 3 fully saturated rings. The minimum Gasteiger partial charge on any atom is -0.488 e. The second kappa shape index (κ2) is 19.2. The fraction of sp³-hybridized carbons (Fsp3) is 0.457. The number of hydrazine groups is 1. The molecule has 4 aromatic rings. The average molecular weight is 833 g/mol. The Balaban J connectivity index is 0.817. The standard InChI is InChI=1S/C46H60N10O5/c1-31(2)33(4)43-25-45(52-61-43)59-21-19-53-17-18-54(32(3)26-53)20-22-58-44-23-36(15-16-48-44)56-37-13-14-38(56)28-55(27-37)41-24-40(50-51-46(41)47)39-7-5-6-8-42(39)60-29-34-9-11-35(12-10-34)49-30-57/h5-12,15-16,23-25,30-33,37-38,50-51H,13-14,17-22,26-29,47H2,1-4H3,(H,49,57). The maximum Gasteiger partial charge on any atom is 0.254 e. The fourth-order valence-corrected chi connectivity index (χ4v) is 8.79. The van der Waals surface area contributed by atoms with Gasteiger partial charge < -0.3 is 39.6 Å². The Hall–Kier alpha value is -5.93. The van der Waals surface area contributed by atoms with Crippen LogP contribution < -0.4 is 41.0 Å². The van der Waals surface area contributed by atoms with Crippen molar-refractivity contribution in [3.8, 4) is 17.5 Å². The normalized spacial score (nSPS) is 21.1. The quantitative estimate of drug-likeness (QED) is 0.0949. The van der Waals surface area contributed by atoms with Crippen LogP contribution in [0.15, 0.2) is 95.0 Å². The smallest absolute Gasteiger partial charge is 0.254 e. The SMILES string of the molecule is CC(C)C(C)c1cc(OCCN2CCN(CCOc3cc(N4C5CCC4CN(C4=C(N)NNC(c6ccccc6OCc6ccc(NC=O)cc6)=C4)C5)ccn3)C(C)C2)no1. The van der Waals surface area contributed by atoms with E-state index in [2.05, 4.69) is 91.8 Å². The van der Waals surface area contributed by atoms with E-state index in [1.165, 1.54) is 0 Å². The molecule has 2 aromatic heterocycles. The summed E-state index contributed by atoms with van der Waals surface area (Å²) in [7, 11) is 0. The number of ether oxygens (including phenoxy) is 3. The molecule has 2 aromatic carbocycles. The van der Waals surface area contributed by atoms with Crippen LogP contribution >= 0.6 is 0 Å². The van der Waals surface area contributed by atoms with E-state index < -0.39 is 0 Å². The Bertz CT molecular complexity index is 2140. The van der Waals surface area contributed by atoms with Crippen molar-refractivity contribution < 1.29 is 23.5 Å². The number of carbonyl (C=O) groups is 1. The van der Waals surface area contributed by atoms with Crippen LogP contribution in [0.3, 0.4) is 0 Å². The lowest BCUT2D eigenvalue weighted by molar-refractivity contribution is -0.105. The third kappa shape index (κ3) is 10.0. The van der Waals surface area contributed by atoms with Crippen molar-refractivity contribution in [3.05, 3.63) is 107 Å². The third-order valence-electron chi connectivity index (χ3n) is 12.6. The number of fused-ring (bicyclic) bond motifs is 2. The van der Waals surface area contributed by atoms with Gasteiger partial charge in [-0.05, 0) is 72.8 Å². The molecule has 61 heavy (non-hydrogen) atoms. The summed E-state index contributed by atoms with van der Waals surface area (Å²) in [5, 5.41) is 6.78. The highest BCUT2D eigenvalue weighted by Crippen LogP contribution is 2.38. The van der Waals surface area contributed by atoms with Crippen molar-refractivity contribution in [3.63, 3.8) is 0 Å². The summed E-state index contributed by atoms with van der Waals surface area (Å²) < 4.78 is 24.0. The van der Waals surface area contributed by atoms with Crippen molar-refractivity contribution in [1.29, 1.82) is 0 Å². The molecule has 6 heterocycles. The maximum atomic E-state index is 10.8. The molecule has 4 aliphatic rings. The monoisotopic (exact) mass is 832 g/mol. The van der Waals surface area contributed by atoms with Gasteiger partial charge in [-0.3, -0.25) is 25.4 Å². The van der Waals surface area contributed by atoms with Crippen LogP contribution in [0.5, 0.6) is 17.5 Å². The molecule has 15 nitrogen and oxygen atoms in total. The third-order valence-corrected chi connectivity index (χ3v) is 12.6. The van der Waals surface area contributed by atoms with Gasteiger partial charge in [-0.15, -0.1) is 0 Å². The van der Waals surface area contributed by atoms with E-state index >= 15 is 0 Å². The molecule has 5 N–H and O–H groups in total. The fourth-order valence-electron chi connectivity index (χ4n) is 8.79. The van der Waals surface area contributed by atoms with Crippen molar-refractivity contribution in [2.45, 2.75) is 71.2 Å². The first-order valence-electron chi connectivity index (χ1n) is 21.6. The highest BCUT2D eigenvalue weighted by molar-refractivity contribution is 5.73. The first-order chi connectivity index (χ1) is 29.7. The van der Waals surface area contributed by atoms with Gasteiger partial charge >= 0.3 is 0 Å². The van der Waals surface area contributed by atoms with Crippen LogP contribution in [0.4, 0.5) is 11.4 Å². The Morgan fingerprint density at radius 1 is 0.918 bits per heavy atom. The minimum absolute atomic E-state index is 0.309. The van der Waals surface area contributed by atoms with Crippen molar-refractivity contribution in [2.24, 2.45) is 11.7 Å². The van der Waals surface area contributed by atoms with Gasteiger partial charge in [0.05, 0.1) is 11.4 Å². The summed E-state index contributed by atoms with van der Waals surface area (Å²) in [6.45, 7) is 16.7. The number of amides is 1. The molecule has 8 rings (SSSR count). The number of rotatable bonds is 18. The van der Waals surface area contributed by atoms with Gasteiger partial charge in [0.25, 0.3) is 5.88 Å². The number of nitrogens with one attached hydrogen (secondary N) is 3. The number of anilines is 2. The molecular formula is C46H60N10O5. The molecule has 2 bridgehead atoms. The molecule has 4 unspecified atom stereocenters. The summed E-state index contributed by atoms with van der Waals surface area (Å²) >= 11 is 0. The maximum absolute atomic E-state index is 10.8. The summed E-state index contributed by atoms with van der Waals surface area (Å²) in [5.41, 5.74) is 18.8. The van der Waals surface area contributed by atoms with E-state index in [1.807, 2.05) is 60.8 Å². The number of hydrogen-bond donors (Lipinski definition) is 4. The van der Waals surface area contributed by atoms with E-state index in [-0.39, 0.29) is 0 Å². The number of carbonyl (C=O) groups excluding carboxylic acids is 1. The number of hydrogen-bond acceptors (Lipinski definition) is 14. The molecule has 4 atom stereocenters. The van der Waals surface area contributed by atoms with Crippen molar-refractivity contribution in [1.82, 2.24) is 35.7 Å². The van der Waals surface area contributed by atoms with Gasteiger partial charge in [-0.25, -0.2) is 4.98 Å². The van der Waals surface area contributed by atoms with Gasteiger partial charge in [-0.1, -0.05) is 45.0 Å². The lowest BCUT2D eigenvalue weighted by atomic mass is 9.96. The average Bonchev–Trinajstić information content (AvgIpc) is 3.85. The summed E-state index contributed by atoms with van der Waals surface area (Å²) in [5.74, 6) is 4.25. The molecule has 0 radical (unpaired) electrons. The van der Waals surface area contributed by atoms with Gasteiger partial charge in [-0.2, -0.15) is 0 Å². The van der Waals surface area contributed by atoms with Crippen molar-refractivity contribution in [2.75, 3.05) is 69.2 Å².